The Morgan fingerprint density at radius 2 is 1.31 bits per heavy atom. The van der Waals surface area contributed by atoms with Crippen molar-refractivity contribution in [3.63, 3.8) is 0 Å². The number of nitrogens with zero attached hydrogens (tertiary/aromatic N) is 2. The standard InChI is InChI=1S/C29H29F3N2O/c30-29(31,32)26-14-8-7-13-24(26)28(35)34-19-25(23-11-5-2-6-12-23)27(20-34)33-17-15-22(16-18-33)21-9-3-1-4-10-21/h1-14,22,25,27H,15-20H2/t25-,27+/m0/s1. The van der Waals surface area contributed by atoms with Gasteiger partial charge in [-0.2, -0.15) is 13.2 Å². The van der Waals surface area contributed by atoms with E-state index in [1.165, 1.54) is 23.8 Å². The number of halogens is 3. The third-order valence-electron chi connectivity index (χ3n) is 7.54. The second kappa shape index (κ2) is 9.86. The van der Waals surface area contributed by atoms with Gasteiger partial charge in [0.25, 0.3) is 5.91 Å². The van der Waals surface area contributed by atoms with Gasteiger partial charge in [-0.3, -0.25) is 9.69 Å². The van der Waals surface area contributed by atoms with Gasteiger partial charge < -0.3 is 4.90 Å². The van der Waals surface area contributed by atoms with Crippen molar-refractivity contribution < 1.29 is 18.0 Å². The number of alkyl halides is 3. The molecule has 0 radical (unpaired) electrons. The summed E-state index contributed by atoms with van der Waals surface area (Å²) < 4.78 is 40.8. The predicted molar refractivity (Wildman–Crippen MR) is 130 cm³/mol. The summed E-state index contributed by atoms with van der Waals surface area (Å²) in [6, 6.07) is 25.8. The topological polar surface area (TPSA) is 23.6 Å². The smallest absolute Gasteiger partial charge is 0.336 e. The Morgan fingerprint density at radius 3 is 1.94 bits per heavy atom. The van der Waals surface area contributed by atoms with Crippen molar-refractivity contribution in [2.45, 2.75) is 36.9 Å². The number of benzene rings is 3. The highest BCUT2D eigenvalue weighted by atomic mass is 19.4. The van der Waals surface area contributed by atoms with E-state index in [0.717, 1.165) is 37.6 Å². The van der Waals surface area contributed by atoms with Crippen LogP contribution in [0.3, 0.4) is 0 Å². The lowest BCUT2D eigenvalue weighted by Crippen LogP contribution is -2.45. The van der Waals surface area contributed by atoms with E-state index >= 15 is 0 Å². The molecule has 0 bridgehead atoms. The van der Waals surface area contributed by atoms with Gasteiger partial charge in [0.2, 0.25) is 0 Å². The molecule has 2 heterocycles. The van der Waals surface area contributed by atoms with Gasteiger partial charge in [-0.1, -0.05) is 72.8 Å². The van der Waals surface area contributed by atoms with Crippen molar-refractivity contribution >= 4 is 5.91 Å². The first-order valence-electron chi connectivity index (χ1n) is 12.2. The molecule has 2 atom stereocenters. The molecule has 1 amide bonds. The van der Waals surface area contributed by atoms with Crippen LogP contribution in [0.4, 0.5) is 13.2 Å². The van der Waals surface area contributed by atoms with E-state index in [4.69, 9.17) is 0 Å². The van der Waals surface area contributed by atoms with Crippen LogP contribution in [-0.2, 0) is 6.18 Å². The molecule has 0 unspecified atom stereocenters. The summed E-state index contributed by atoms with van der Waals surface area (Å²) in [4.78, 5) is 17.4. The highest BCUT2D eigenvalue weighted by molar-refractivity contribution is 5.96. The van der Waals surface area contributed by atoms with Crippen LogP contribution >= 0.6 is 0 Å². The first-order valence-corrected chi connectivity index (χ1v) is 12.2. The molecule has 0 aromatic heterocycles. The maximum absolute atomic E-state index is 13.6. The van der Waals surface area contributed by atoms with Gasteiger partial charge in [0.1, 0.15) is 0 Å². The van der Waals surface area contributed by atoms with Crippen LogP contribution in [0.2, 0.25) is 0 Å². The van der Waals surface area contributed by atoms with Crippen molar-refractivity contribution in [3.8, 4) is 0 Å². The number of piperidine rings is 1. The normalized spacial score (nSPS) is 21.9. The minimum Gasteiger partial charge on any atom is -0.336 e. The summed E-state index contributed by atoms with van der Waals surface area (Å²) >= 11 is 0. The second-order valence-electron chi connectivity index (χ2n) is 9.56. The van der Waals surface area contributed by atoms with Gasteiger partial charge in [0.05, 0.1) is 11.1 Å². The van der Waals surface area contributed by atoms with Crippen molar-refractivity contribution in [3.05, 3.63) is 107 Å². The highest BCUT2D eigenvalue weighted by Crippen LogP contribution is 2.38. The maximum Gasteiger partial charge on any atom is 0.417 e. The lowest BCUT2D eigenvalue weighted by molar-refractivity contribution is -0.138. The fourth-order valence-electron chi connectivity index (χ4n) is 5.73. The minimum atomic E-state index is -4.57. The van der Waals surface area contributed by atoms with Crippen molar-refractivity contribution in [2.24, 2.45) is 0 Å². The molecule has 0 saturated carbocycles. The third kappa shape index (κ3) is 4.98. The number of likely N-dealkylation sites (tertiary alicyclic amines) is 2. The Labute approximate surface area is 204 Å². The summed E-state index contributed by atoms with van der Waals surface area (Å²) in [5.41, 5.74) is 1.35. The number of rotatable bonds is 4. The molecular weight excluding hydrogens is 449 g/mol. The SMILES string of the molecule is O=C(c1ccccc1C(F)(F)F)N1C[C@@H](N2CCC(c3ccccc3)CC2)[C@H](c2ccccc2)C1. The summed E-state index contributed by atoms with van der Waals surface area (Å²) in [7, 11) is 0. The zero-order valence-corrected chi connectivity index (χ0v) is 19.5. The Kier molecular flexibility index (Phi) is 6.65. The van der Waals surface area contributed by atoms with Crippen LogP contribution in [0.15, 0.2) is 84.9 Å². The van der Waals surface area contributed by atoms with Crippen molar-refractivity contribution in [1.29, 1.82) is 0 Å². The van der Waals surface area contributed by atoms with Gasteiger partial charge in [-0.15, -0.1) is 0 Å². The Hall–Kier alpha value is -3.12. The molecule has 2 aliphatic heterocycles. The monoisotopic (exact) mass is 478 g/mol. The van der Waals surface area contributed by atoms with E-state index in [1.807, 2.05) is 24.3 Å². The van der Waals surface area contributed by atoms with Crippen LogP contribution < -0.4 is 0 Å². The largest absolute Gasteiger partial charge is 0.417 e. The molecule has 0 aliphatic carbocycles. The van der Waals surface area contributed by atoms with Crippen LogP contribution in [0, 0.1) is 0 Å². The van der Waals surface area contributed by atoms with E-state index in [9.17, 15) is 18.0 Å². The van der Waals surface area contributed by atoms with Gasteiger partial charge in [-0.05, 0) is 55.1 Å². The molecule has 182 valence electrons. The predicted octanol–water partition coefficient (Wildman–Crippen LogP) is 6.19. The number of carbonyl (C=O) groups excluding carboxylic acids is 1. The first kappa shape index (κ1) is 23.6. The fraction of sp³-hybridized carbons (Fsp3) is 0.345. The molecule has 0 N–H and O–H groups in total. The molecule has 3 aromatic rings. The van der Waals surface area contributed by atoms with E-state index < -0.39 is 17.6 Å². The summed E-state index contributed by atoms with van der Waals surface area (Å²) in [6.07, 6.45) is -2.50. The van der Waals surface area contributed by atoms with Gasteiger partial charge >= 0.3 is 6.18 Å². The fourth-order valence-corrected chi connectivity index (χ4v) is 5.73. The summed E-state index contributed by atoms with van der Waals surface area (Å²) in [5, 5.41) is 0. The van der Waals surface area contributed by atoms with Crippen LogP contribution in [0.5, 0.6) is 0 Å². The van der Waals surface area contributed by atoms with Crippen LogP contribution in [0.1, 0.15) is 51.7 Å². The summed E-state index contributed by atoms with van der Waals surface area (Å²) in [6.45, 7) is 2.67. The molecule has 3 nitrogen and oxygen atoms in total. The number of carbonyl (C=O) groups is 1. The Bertz CT molecular complexity index is 1140. The van der Waals surface area contributed by atoms with Crippen LogP contribution in [-0.4, -0.2) is 47.9 Å². The molecule has 5 rings (SSSR count). The molecular formula is C29H29F3N2O. The quantitative estimate of drug-likeness (QED) is 0.446. The summed E-state index contributed by atoms with van der Waals surface area (Å²) in [5.74, 6) is 0.0347. The molecule has 2 fully saturated rings. The van der Waals surface area contributed by atoms with Gasteiger partial charge in [0.15, 0.2) is 0 Å². The van der Waals surface area contributed by atoms with E-state index in [2.05, 4.69) is 41.3 Å². The Morgan fingerprint density at radius 1 is 0.743 bits per heavy atom. The van der Waals surface area contributed by atoms with Crippen molar-refractivity contribution in [1.82, 2.24) is 9.80 Å². The molecule has 2 saturated heterocycles. The molecule has 3 aromatic carbocycles. The molecule has 0 spiro atoms. The number of hydrogen-bond acceptors (Lipinski definition) is 2. The van der Waals surface area contributed by atoms with Crippen LogP contribution in [0.25, 0.3) is 0 Å². The lowest BCUT2D eigenvalue weighted by Gasteiger charge is -2.38. The van der Waals surface area contributed by atoms with E-state index in [-0.39, 0.29) is 17.5 Å². The molecule has 2 aliphatic rings. The first-order chi connectivity index (χ1) is 16.9. The zero-order valence-electron chi connectivity index (χ0n) is 19.5. The minimum absolute atomic E-state index is 0.0616. The van der Waals surface area contributed by atoms with E-state index in [1.54, 1.807) is 4.90 Å². The molecule has 6 heteroatoms. The maximum atomic E-state index is 13.6. The molecule has 35 heavy (non-hydrogen) atoms. The Balaban J connectivity index is 1.37. The zero-order chi connectivity index (χ0) is 24.4. The average molecular weight is 479 g/mol. The second-order valence-corrected chi connectivity index (χ2v) is 9.56. The third-order valence-corrected chi connectivity index (χ3v) is 7.54. The lowest BCUT2D eigenvalue weighted by atomic mass is 9.87. The average Bonchev–Trinajstić information content (AvgIpc) is 3.34. The highest BCUT2D eigenvalue weighted by Gasteiger charge is 2.42. The van der Waals surface area contributed by atoms with E-state index in [0.29, 0.717) is 19.0 Å². The van der Waals surface area contributed by atoms with Crippen molar-refractivity contribution in [2.75, 3.05) is 26.2 Å². The number of hydrogen-bond donors (Lipinski definition) is 0. The van der Waals surface area contributed by atoms with Gasteiger partial charge in [0, 0.05) is 25.0 Å². The van der Waals surface area contributed by atoms with Gasteiger partial charge in [-0.25, -0.2) is 0 Å². The number of amides is 1.